The molecule has 5 nitrogen and oxygen atoms in total. The Bertz CT molecular complexity index is 1130. The van der Waals surface area contributed by atoms with E-state index in [2.05, 4.69) is 34.5 Å². The zero-order chi connectivity index (χ0) is 21.9. The van der Waals surface area contributed by atoms with Crippen molar-refractivity contribution in [3.05, 3.63) is 71.8 Å². The second kappa shape index (κ2) is 9.03. The van der Waals surface area contributed by atoms with Crippen LogP contribution in [0.3, 0.4) is 0 Å². The van der Waals surface area contributed by atoms with Gasteiger partial charge in [-0.3, -0.25) is 9.59 Å². The molecule has 2 amide bonds. The van der Waals surface area contributed by atoms with Gasteiger partial charge in [-0.05, 0) is 60.9 Å². The molecule has 0 aliphatic carbocycles. The van der Waals surface area contributed by atoms with E-state index in [0.29, 0.717) is 25.9 Å². The molecule has 0 spiro atoms. The van der Waals surface area contributed by atoms with Crippen molar-refractivity contribution in [2.75, 3.05) is 29.4 Å². The summed E-state index contributed by atoms with van der Waals surface area (Å²) >= 11 is 0. The standard InChI is InChI=1S/C27H29N3O2/c31-25(28-19-20-12-14-22(15-13-20)29-16-2-1-3-17-29)11-6-18-30-24-10-5-8-21-7-4-9-23(26(21)24)27(30)32/h4-5,7-10,12-15H,1-3,6,11,16-19H2,(H,28,31). The Hall–Kier alpha value is -3.34. The first-order valence-electron chi connectivity index (χ1n) is 11.6. The lowest BCUT2D eigenvalue weighted by molar-refractivity contribution is -0.121. The van der Waals surface area contributed by atoms with Crippen LogP contribution in [0.1, 0.15) is 48.0 Å². The number of carbonyl (C=O) groups is 2. The highest BCUT2D eigenvalue weighted by Gasteiger charge is 2.29. The molecule has 1 fully saturated rings. The summed E-state index contributed by atoms with van der Waals surface area (Å²) in [6.07, 6.45) is 4.90. The largest absolute Gasteiger partial charge is 0.372 e. The molecule has 0 aromatic heterocycles. The van der Waals surface area contributed by atoms with Crippen molar-refractivity contribution in [3.63, 3.8) is 0 Å². The predicted octanol–water partition coefficient (Wildman–Crippen LogP) is 4.89. The van der Waals surface area contributed by atoms with Crippen molar-refractivity contribution in [3.8, 4) is 0 Å². The number of benzene rings is 3. The zero-order valence-electron chi connectivity index (χ0n) is 18.3. The Morgan fingerprint density at radius 1 is 0.906 bits per heavy atom. The van der Waals surface area contributed by atoms with Crippen LogP contribution in [-0.2, 0) is 11.3 Å². The third-order valence-electron chi connectivity index (χ3n) is 6.58. The zero-order valence-corrected chi connectivity index (χ0v) is 18.3. The van der Waals surface area contributed by atoms with E-state index < -0.39 is 0 Å². The SMILES string of the molecule is O=C(CCCN1C(=O)c2cccc3cccc1c23)NCc1ccc(N2CCCCC2)cc1. The molecule has 2 aliphatic rings. The van der Waals surface area contributed by atoms with E-state index in [-0.39, 0.29) is 11.8 Å². The van der Waals surface area contributed by atoms with Crippen molar-refractivity contribution < 1.29 is 9.59 Å². The molecule has 2 aliphatic heterocycles. The summed E-state index contributed by atoms with van der Waals surface area (Å²) in [6.45, 7) is 3.35. The van der Waals surface area contributed by atoms with Gasteiger partial charge in [0.1, 0.15) is 0 Å². The Morgan fingerprint density at radius 2 is 1.66 bits per heavy atom. The molecule has 0 bridgehead atoms. The summed E-state index contributed by atoms with van der Waals surface area (Å²) in [5.74, 6) is 0.0541. The maximum Gasteiger partial charge on any atom is 0.258 e. The number of amides is 2. The van der Waals surface area contributed by atoms with E-state index in [1.807, 2.05) is 41.3 Å². The third-order valence-corrected chi connectivity index (χ3v) is 6.58. The van der Waals surface area contributed by atoms with Gasteiger partial charge >= 0.3 is 0 Å². The summed E-state index contributed by atoms with van der Waals surface area (Å²) in [6, 6.07) is 20.4. The highest BCUT2D eigenvalue weighted by atomic mass is 16.2. The van der Waals surface area contributed by atoms with Gasteiger partial charge in [-0.2, -0.15) is 0 Å². The molecule has 3 aromatic carbocycles. The smallest absolute Gasteiger partial charge is 0.258 e. The average Bonchev–Trinajstić information content (AvgIpc) is 3.12. The third kappa shape index (κ3) is 4.07. The Kier molecular flexibility index (Phi) is 5.80. The number of nitrogens with zero attached hydrogens (tertiary/aromatic N) is 2. The monoisotopic (exact) mass is 427 g/mol. The molecule has 2 heterocycles. The van der Waals surface area contributed by atoms with Gasteiger partial charge in [-0.25, -0.2) is 0 Å². The van der Waals surface area contributed by atoms with Gasteiger partial charge in [-0.1, -0.05) is 36.4 Å². The summed E-state index contributed by atoms with van der Waals surface area (Å²) in [4.78, 5) is 29.4. The number of rotatable bonds is 7. The maximum absolute atomic E-state index is 12.8. The van der Waals surface area contributed by atoms with Crippen LogP contribution in [0.5, 0.6) is 0 Å². The number of nitrogens with one attached hydrogen (secondary N) is 1. The summed E-state index contributed by atoms with van der Waals surface area (Å²) < 4.78 is 0. The highest BCUT2D eigenvalue weighted by molar-refractivity contribution is 6.25. The minimum atomic E-state index is 0.0208. The predicted molar refractivity (Wildman–Crippen MR) is 129 cm³/mol. The quantitative estimate of drug-likeness (QED) is 0.584. The first-order valence-corrected chi connectivity index (χ1v) is 11.6. The van der Waals surface area contributed by atoms with Crippen LogP contribution in [0.4, 0.5) is 11.4 Å². The first kappa shape index (κ1) is 20.6. The van der Waals surface area contributed by atoms with Gasteiger partial charge in [0.25, 0.3) is 5.91 Å². The Morgan fingerprint density at radius 3 is 2.44 bits per heavy atom. The fraction of sp³-hybridized carbons (Fsp3) is 0.333. The number of carbonyl (C=O) groups excluding carboxylic acids is 2. The van der Waals surface area contributed by atoms with Crippen LogP contribution in [0, 0.1) is 0 Å². The minimum Gasteiger partial charge on any atom is -0.372 e. The first-order chi connectivity index (χ1) is 15.7. The summed E-state index contributed by atoms with van der Waals surface area (Å²) in [7, 11) is 0. The van der Waals surface area contributed by atoms with Crippen LogP contribution in [0.2, 0.25) is 0 Å². The lowest BCUT2D eigenvalue weighted by Gasteiger charge is -2.28. The second-order valence-corrected chi connectivity index (χ2v) is 8.73. The van der Waals surface area contributed by atoms with Crippen LogP contribution in [0.25, 0.3) is 10.8 Å². The van der Waals surface area contributed by atoms with Gasteiger partial charge in [0.15, 0.2) is 0 Å². The molecule has 5 rings (SSSR count). The lowest BCUT2D eigenvalue weighted by atomic mass is 10.1. The van der Waals surface area contributed by atoms with E-state index in [1.54, 1.807) is 0 Å². The molecule has 1 N–H and O–H groups in total. The van der Waals surface area contributed by atoms with E-state index >= 15 is 0 Å². The van der Waals surface area contributed by atoms with Crippen molar-refractivity contribution >= 4 is 34.0 Å². The molecule has 164 valence electrons. The van der Waals surface area contributed by atoms with Crippen LogP contribution < -0.4 is 15.1 Å². The average molecular weight is 428 g/mol. The topological polar surface area (TPSA) is 52.7 Å². The lowest BCUT2D eigenvalue weighted by Crippen LogP contribution is -2.30. The van der Waals surface area contributed by atoms with Crippen molar-refractivity contribution in [1.29, 1.82) is 0 Å². The van der Waals surface area contributed by atoms with Gasteiger partial charge in [0, 0.05) is 49.2 Å². The molecule has 32 heavy (non-hydrogen) atoms. The molecule has 0 radical (unpaired) electrons. The molecule has 1 saturated heterocycles. The second-order valence-electron chi connectivity index (χ2n) is 8.73. The molecule has 3 aromatic rings. The van der Waals surface area contributed by atoms with Crippen LogP contribution >= 0.6 is 0 Å². The fourth-order valence-electron chi connectivity index (χ4n) is 4.86. The number of piperidine rings is 1. The van der Waals surface area contributed by atoms with Crippen molar-refractivity contribution in [2.24, 2.45) is 0 Å². The fourth-order valence-corrected chi connectivity index (χ4v) is 4.86. The highest BCUT2D eigenvalue weighted by Crippen LogP contribution is 2.37. The van der Waals surface area contributed by atoms with Crippen LogP contribution in [0.15, 0.2) is 60.7 Å². The summed E-state index contributed by atoms with van der Waals surface area (Å²) in [5, 5.41) is 5.12. The van der Waals surface area contributed by atoms with Gasteiger partial charge in [-0.15, -0.1) is 0 Å². The minimum absolute atomic E-state index is 0.0208. The van der Waals surface area contributed by atoms with E-state index in [0.717, 1.165) is 40.7 Å². The number of anilines is 2. The van der Waals surface area contributed by atoms with E-state index in [9.17, 15) is 9.59 Å². The van der Waals surface area contributed by atoms with Crippen LogP contribution in [-0.4, -0.2) is 31.4 Å². The van der Waals surface area contributed by atoms with Gasteiger partial charge in [0.2, 0.25) is 5.91 Å². The molecule has 0 saturated carbocycles. The van der Waals surface area contributed by atoms with Gasteiger partial charge < -0.3 is 15.1 Å². The van der Waals surface area contributed by atoms with E-state index in [4.69, 9.17) is 0 Å². The summed E-state index contributed by atoms with van der Waals surface area (Å²) in [5.41, 5.74) is 4.09. The number of hydrogen-bond donors (Lipinski definition) is 1. The maximum atomic E-state index is 12.8. The van der Waals surface area contributed by atoms with Crippen molar-refractivity contribution in [2.45, 2.75) is 38.6 Å². The Labute approximate surface area is 189 Å². The number of hydrogen-bond acceptors (Lipinski definition) is 3. The Balaban J connectivity index is 1.11. The van der Waals surface area contributed by atoms with E-state index in [1.165, 1.54) is 24.9 Å². The normalized spacial score (nSPS) is 15.4. The van der Waals surface area contributed by atoms with Crippen molar-refractivity contribution in [1.82, 2.24) is 5.32 Å². The molecular weight excluding hydrogens is 398 g/mol. The van der Waals surface area contributed by atoms with Gasteiger partial charge in [0.05, 0.1) is 5.69 Å². The molecule has 0 unspecified atom stereocenters. The molecule has 0 atom stereocenters. The molecule has 5 heteroatoms. The molecular formula is C27H29N3O2.